The number of fused-ring (bicyclic) bond motifs is 4. The van der Waals surface area contributed by atoms with Gasteiger partial charge in [-0.25, -0.2) is 0 Å². The molecule has 0 aliphatic heterocycles. The van der Waals surface area contributed by atoms with E-state index >= 15 is 0 Å². The van der Waals surface area contributed by atoms with E-state index in [0.29, 0.717) is 17.8 Å². The molecule has 2 heterocycles. The summed E-state index contributed by atoms with van der Waals surface area (Å²) in [6.07, 6.45) is 2.72. The standard InChI is InChI=1S/C33H30N4O2/c1-21(20-38)15-16-35-29-18-24(13-14-26(29)33(34)39)37-30-11-5-3-8-27(30)32-25(9-6-12-31(32)37)23-17-22-7-2-4-10-28(22)36-19-23/h2-14,17-19,21,35,38H,15-16,20H2,1H3,(H2,34,39)/t21-/m0/s1. The Hall–Kier alpha value is -4.68. The number of para-hydroxylation sites is 2. The van der Waals surface area contributed by atoms with Crippen LogP contribution in [0.25, 0.3) is 49.5 Å². The van der Waals surface area contributed by atoms with E-state index < -0.39 is 5.91 Å². The molecular weight excluding hydrogens is 484 g/mol. The minimum Gasteiger partial charge on any atom is -0.396 e. The molecule has 4 aromatic carbocycles. The van der Waals surface area contributed by atoms with Crippen LogP contribution in [0.5, 0.6) is 0 Å². The Kier molecular flexibility index (Phi) is 6.47. The van der Waals surface area contributed by atoms with E-state index in [1.54, 1.807) is 6.07 Å². The van der Waals surface area contributed by atoms with Crippen LogP contribution in [0.15, 0.2) is 97.2 Å². The minimum absolute atomic E-state index is 0.126. The molecule has 0 radical (unpaired) electrons. The SMILES string of the molecule is C[C@H](CO)CCNc1cc(-n2c3ccccc3c3c(-c4cnc5ccccc5c4)cccc32)ccc1C(N)=O. The number of pyridine rings is 1. The monoisotopic (exact) mass is 514 g/mol. The molecule has 0 fully saturated rings. The van der Waals surface area contributed by atoms with Crippen molar-refractivity contribution in [3.63, 3.8) is 0 Å². The average Bonchev–Trinajstić information content (AvgIpc) is 3.31. The Morgan fingerprint density at radius 1 is 0.974 bits per heavy atom. The number of nitrogens with one attached hydrogen (secondary N) is 1. The summed E-state index contributed by atoms with van der Waals surface area (Å²) in [5.74, 6) is -0.314. The molecule has 4 N–H and O–H groups in total. The molecule has 39 heavy (non-hydrogen) atoms. The second-order valence-corrected chi connectivity index (χ2v) is 10.1. The minimum atomic E-state index is -0.479. The van der Waals surface area contributed by atoms with E-state index in [1.165, 1.54) is 0 Å². The maximum absolute atomic E-state index is 12.2. The second kappa shape index (κ2) is 10.2. The summed E-state index contributed by atoms with van der Waals surface area (Å²) < 4.78 is 2.23. The van der Waals surface area contributed by atoms with Crippen molar-refractivity contribution in [1.29, 1.82) is 0 Å². The third kappa shape index (κ3) is 4.49. The molecule has 6 rings (SSSR count). The smallest absolute Gasteiger partial charge is 0.250 e. The fraction of sp³-hybridized carbons (Fsp3) is 0.152. The molecule has 1 amide bonds. The highest BCUT2D eigenvalue weighted by atomic mass is 16.3. The number of primary amides is 1. The number of carbonyl (C=O) groups excluding carboxylic acids is 1. The quantitative estimate of drug-likeness (QED) is 0.215. The summed E-state index contributed by atoms with van der Waals surface area (Å²) in [5, 5.41) is 16.2. The van der Waals surface area contributed by atoms with Crippen LogP contribution in [0.2, 0.25) is 0 Å². The van der Waals surface area contributed by atoms with Crippen LogP contribution in [0.3, 0.4) is 0 Å². The molecular formula is C33H30N4O2. The molecule has 0 bridgehead atoms. The summed E-state index contributed by atoms with van der Waals surface area (Å²) in [7, 11) is 0. The molecule has 0 unspecified atom stereocenters. The fourth-order valence-electron chi connectivity index (χ4n) is 5.33. The van der Waals surface area contributed by atoms with Gasteiger partial charge in [-0.1, -0.05) is 55.5 Å². The highest BCUT2D eigenvalue weighted by Crippen LogP contribution is 2.39. The number of nitrogens with zero attached hydrogens (tertiary/aromatic N) is 2. The van der Waals surface area contributed by atoms with Crippen LogP contribution in [0.4, 0.5) is 5.69 Å². The molecule has 6 aromatic rings. The first-order valence-electron chi connectivity index (χ1n) is 13.2. The number of amides is 1. The van der Waals surface area contributed by atoms with Crippen LogP contribution in [0.1, 0.15) is 23.7 Å². The van der Waals surface area contributed by atoms with Gasteiger partial charge in [-0.2, -0.15) is 0 Å². The zero-order valence-corrected chi connectivity index (χ0v) is 21.8. The van der Waals surface area contributed by atoms with Gasteiger partial charge in [0.25, 0.3) is 5.91 Å². The number of hydrogen-bond donors (Lipinski definition) is 3. The summed E-state index contributed by atoms with van der Waals surface area (Å²) in [4.78, 5) is 16.9. The number of benzene rings is 4. The molecule has 6 heteroatoms. The summed E-state index contributed by atoms with van der Waals surface area (Å²) in [6.45, 7) is 2.74. The van der Waals surface area contributed by atoms with Crippen LogP contribution in [-0.4, -0.2) is 33.7 Å². The van der Waals surface area contributed by atoms with Gasteiger partial charge in [0, 0.05) is 52.4 Å². The largest absolute Gasteiger partial charge is 0.396 e. The van der Waals surface area contributed by atoms with Gasteiger partial charge in [-0.3, -0.25) is 9.78 Å². The molecule has 0 aliphatic rings. The Balaban J connectivity index is 1.54. The van der Waals surface area contributed by atoms with E-state index in [4.69, 9.17) is 10.7 Å². The van der Waals surface area contributed by atoms with Crippen molar-refractivity contribution in [2.45, 2.75) is 13.3 Å². The number of carbonyl (C=O) groups is 1. The lowest BCUT2D eigenvalue weighted by atomic mass is 9.99. The van der Waals surface area contributed by atoms with Gasteiger partial charge >= 0.3 is 0 Å². The Morgan fingerprint density at radius 2 is 1.77 bits per heavy atom. The Morgan fingerprint density at radius 3 is 2.62 bits per heavy atom. The average molecular weight is 515 g/mol. The molecule has 194 valence electrons. The van der Waals surface area contributed by atoms with Crippen LogP contribution in [-0.2, 0) is 0 Å². The van der Waals surface area contributed by atoms with E-state index in [-0.39, 0.29) is 12.5 Å². The molecule has 0 saturated heterocycles. The Bertz CT molecular complexity index is 1840. The predicted octanol–water partition coefficient (Wildman–Crippen LogP) is 6.53. The first-order chi connectivity index (χ1) is 19.0. The normalized spacial score (nSPS) is 12.3. The van der Waals surface area contributed by atoms with Gasteiger partial charge in [-0.05, 0) is 60.4 Å². The van der Waals surface area contributed by atoms with Gasteiger partial charge in [0.15, 0.2) is 0 Å². The van der Waals surface area contributed by atoms with Crippen LogP contribution >= 0.6 is 0 Å². The molecule has 0 saturated carbocycles. The van der Waals surface area contributed by atoms with Crippen molar-refractivity contribution in [1.82, 2.24) is 9.55 Å². The summed E-state index contributed by atoms with van der Waals surface area (Å²) in [5.41, 5.74) is 13.1. The third-order valence-corrected chi connectivity index (χ3v) is 7.39. The van der Waals surface area contributed by atoms with Gasteiger partial charge in [-0.15, -0.1) is 0 Å². The number of anilines is 1. The highest BCUT2D eigenvalue weighted by Gasteiger charge is 2.18. The van der Waals surface area contributed by atoms with Gasteiger partial charge < -0.3 is 20.7 Å². The van der Waals surface area contributed by atoms with Crippen molar-refractivity contribution in [3.05, 3.63) is 103 Å². The van der Waals surface area contributed by atoms with Gasteiger partial charge in [0.05, 0.1) is 22.1 Å². The predicted molar refractivity (Wildman–Crippen MR) is 159 cm³/mol. The first-order valence-corrected chi connectivity index (χ1v) is 13.2. The lowest BCUT2D eigenvalue weighted by molar-refractivity contribution is 0.100. The fourth-order valence-corrected chi connectivity index (χ4v) is 5.33. The van der Waals surface area contributed by atoms with Crippen molar-refractivity contribution in [3.8, 4) is 16.8 Å². The summed E-state index contributed by atoms with van der Waals surface area (Å²) >= 11 is 0. The van der Waals surface area contributed by atoms with Gasteiger partial charge in [0.2, 0.25) is 0 Å². The second-order valence-electron chi connectivity index (χ2n) is 10.1. The molecule has 2 aromatic heterocycles. The van der Waals surface area contributed by atoms with E-state index in [0.717, 1.165) is 55.9 Å². The molecule has 6 nitrogen and oxygen atoms in total. The maximum Gasteiger partial charge on any atom is 0.250 e. The number of aliphatic hydroxyl groups excluding tert-OH is 1. The number of rotatable bonds is 8. The van der Waals surface area contributed by atoms with Crippen LogP contribution < -0.4 is 11.1 Å². The zero-order chi connectivity index (χ0) is 26.9. The van der Waals surface area contributed by atoms with Crippen molar-refractivity contribution in [2.24, 2.45) is 11.7 Å². The van der Waals surface area contributed by atoms with Gasteiger partial charge in [0.1, 0.15) is 0 Å². The van der Waals surface area contributed by atoms with E-state index in [9.17, 15) is 9.90 Å². The van der Waals surface area contributed by atoms with E-state index in [2.05, 4.69) is 58.4 Å². The van der Waals surface area contributed by atoms with Crippen molar-refractivity contribution in [2.75, 3.05) is 18.5 Å². The zero-order valence-electron chi connectivity index (χ0n) is 21.8. The van der Waals surface area contributed by atoms with Crippen LogP contribution in [0, 0.1) is 5.92 Å². The third-order valence-electron chi connectivity index (χ3n) is 7.39. The lowest BCUT2D eigenvalue weighted by Gasteiger charge is -2.15. The van der Waals surface area contributed by atoms with E-state index in [1.807, 2.05) is 49.5 Å². The van der Waals surface area contributed by atoms with Crippen molar-refractivity contribution < 1.29 is 9.90 Å². The number of nitrogens with two attached hydrogens (primary N) is 1. The van der Waals surface area contributed by atoms with Crippen molar-refractivity contribution >= 4 is 44.3 Å². The topological polar surface area (TPSA) is 93.2 Å². The number of hydrogen-bond acceptors (Lipinski definition) is 4. The number of aromatic nitrogens is 2. The molecule has 0 aliphatic carbocycles. The summed E-state index contributed by atoms with van der Waals surface area (Å²) in [6, 6.07) is 30.8. The Labute approximate surface area is 226 Å². The number of aliphatic hydroxyl groups is 1. The lowest BCUT2D eigenvalue weighted by Crippen LogP contribution is -2.16. The molecule has 0 spiro atoms. The highest BCUT2D eigenvalue weighted by molar-refractivity contribution is 6.16. The first kappa shape index (κ1) is 24.6. The molecule has 1 atom stereocenters. The maximum atomic E-state index is 12.2.